The lowest BCUT2D eigenvalue weighted by molar-refractivity contribution is 1.18. The number of rotatable bonds is 9. The largest absolute Gasteiger partial charge is 0.310 e. The molecule has 0 amide bonds. The monoisotopic (exact) mass is 790 g/mol. The zero-order valence-corrected chi connectivity index (χ0v) is 34.1. The van der Waals surface area contributed by atoms with Crippen LogP contribution in [0.15, 0.2) is 255 Å². The molecule has 0 atom stereocenters. The first-order valence-electron chi connectivity index (χ1n) is 21.3. The maximum atomic E-state index is 2.41. The average Bonchev–Trinajstić information content (AvgIpc) is 3.69. The van der Waals surface area contributed by atoms with Crippen LogP contribution in [0.2, 0.25) is 0 Å². The van der Waals surface area contributed by atoms with Crippen molar-refractivity contribution in [3.63, 3.8) is 0 Å². The highest BCUT2D eigenvalue weighted by Gasteiger charge is 2.17. The molecular formula is C60H42N2. The summed E-state index contributed by atoms with van der Waals surface area (Å²) < 4.78 is 2.41. The van der Waals surface area contributed by atoms with Gasteiger partial charge in [0.2, 0.25) is 0 Å². The Labute approximate surface area is 362 Å². The van der Waals surface area contributed by atoms with Gasteiger partial charge >= 0.3 is 0 Å². The van der Waals surface area contributed by atoms with E-state index in [9.17, 15) is 0 Å². The van der Waals surface area contributed by atoms with Crippen molar-refractivity contribution in [1.82, 2.24) is 4.57 Å². The summed E-state index contributed by atoms with van der Waals surface area (Å²) in [5.41, 5.74) is 18.8. The summed E-state index contributed by atoms with van der Waals surface area (Å²) in [4.78, 5) is 2.37. The first-order valence-corrected chi connectivity index (χ1v) is 21.3. The number of aromatic nitrogens is 1. The Morgan fingerprint density at radius 1 is 0.242 bits per heavy atom. The van der Waals surface area contributed by atoms with Crippen molar-refractivity contribution in [2.45, 2.75) is 0 Å². The molecule has 62 heavy (non-hydrogen) atoms. The van der Waals surface area contributed by atoms with Crippen molar-refractivity contribution in [3.05, 3.63) is 255 Å². The van der Waals surface area contributed by atoms with E-state index < -0.39 is 0 Å². The molecule has 2 nitrogen and oxygen atoms in total. The van der Waals surface area contributed by atoms with E-state index in [-0.39, 0.29) is 0 Å². The fourth-order valence-electron chi connectivity index (χ4n) is 8.95. The van der Waals surface area contributed by atoms with Gasteiger partial charge in [0, 0.05) is 33.4 Å². The number of hydrogen-bond donors (Lipinski definition) is 0. The summed E-state index contributed by atoms with van der Waals surface area (Å²) in [6.07, 6.45) is 0. The van der Waals surface area contributed by atoms with Gasteiger partial charge in [0.25, 0.3) is 0 Å². The Bertz CT molecular complexity index is 3260. The number of nitrogens with zero attached hydrogens (tertiary/aromatic N) is 2. The molecule has 11 rings (SSSR count). The lowest BCUT2D eigenvalue weighted by Gasteiger charge is -2.27. The van der Waals surface area contributed by atoms with Gasteiger partial charge in [-0.3, -0.25) is 0 Å². The Morgan fingerprint density at radius 2 is 0.613 bits per heavy atom. The van der Waals surface area contributed by atoms with E-state index in [1.807, 2.05) is 0 Å². The summed E-state index contributed by atoms with van der Waals surface area (Å²) in [7, 11) is 0. The van der Waals surface area contributed by atoms with Gasteiger partial charge in [-0.05, 0) is 105 Å². The molecule has 0 aliphatic carbocycles. The molecule has 0 saturated carbocycles. The zero-order chi connectivity index (χ0) is 41.2. The van der Waals surface area contributed by atoms with Crippen LogP contribution >= 0.6 is 0 Å². The predicted molar refractivity (Wildman–Crippen MR) is 263 cm³/mol. The lowest BCUT2D eigenvalue weighted by atomic mass is 9.98. The highest BCUT2D eigenvalue weighted by atomic mass is 15.1. The number of hydrogen-bond acceptors (Lipinski definition) is 1. The summed E-state index contributed by atoms with van der Waals surface area (Å²) in [6.45, 7) is 0. The van der Waals surface area contributed by atoms with Gasteiger partial charge < -0.3 is 9.47 Å². The van der Waals surface area contributed by atoms with E-state index >= 15 is 0 Å². The van der Waals surface area contributed by atoms with Crippen molar-refractivity contribution in [1.29, 1.82) is 0 Å². The normalized spacial score (nSPS) is 11.2. The molecule has 0 saturated heterocycles. The minimum atomic E-state index is 1.09. The van der Waals surface area contributed by atoms with Crippen molar-refractivity contribution in [3.8, 4) is 61.3 Å². The van der Waals surface area contributed by atoms with Gasteiger partial charge in [0.05, 0.1) is 16.7 Å². The minimum absolute atomic E-state index is 1.09. The van der Waals surface area contributed by atoms with Crippen LogP contribution < -0.4 is 4.90 Å². The topological polar surface area (TPSA) is 8.17 Å². The van der Waals surface area contributed by atoms with Gasteiger partial charge in [-0.15, -0.1) is 0 Å². The molecule has 0 radical (unpaired) electrons. The third-order valence-corrected chi connectivity index (χ3v) is 12.0. The van der Waals surface area contributed by atoms with Gasteiger partial charge in [0.15, 0.2) is 0 Å². The van der Waals surface area contributed by atoms with Gasteiger partial charge in [-0.2, -0.15) is 0 Å². The van der Waals surface area contributed by atoms with Crippen LogP contribution in [-0.4, -0.2) is 4.57 Å². The van der Waals surface area contributed by atoms with E-state index in [1.165, 1.54) is 83.1 Å². The third-order valence-electron chi connectivity index (χ3n) is 12.0. The lowest BCUT2D eigenvalue weighted by Crippen LogP contribution is -2.10. The van der Waals surface area contributed by atoms with E-state index in [4.69, 9.17) is 0 Å². The molecule has 10 aromatic carbocycles. The van der Waals surface area contributed by atoms with Crippen molar-refractivity contribution >= 4 is 38.9 Å². The Morgan fingerprint density at radius 3 is 1.15 bits per heavy atom. The van der Waals surface area contributed by atoms with Gasteiger partial charge in [-0.1, -0.05) is 200 Å². The fraction of sp³-hybridized carbons (Fsp3) is 0. The Hall–Kier alpha value is -8.20. The first kappa shape index (κ1) is 36.8. The van der Waals surface area contributed by atoms with Crippen LogP contribution in [0, 0.1) is 0 Å². The summed E-state index contributed by atoms with van der Waals surface area (Å²) >= 11 is 0. The van der Waals surface area contributed by atoms with Crippen molar-refractivity contribution in [2.24, 2.45) is 0 Å². The Balaban J connectivity index is 0.937. The molecule has 1 aromatic heterocycles. The van der Waals surface area contributed by atoms with Crippen LogP contribution in [0.4, 0.5) is 17.1 Å². The highest BCUT2D eigenvalue weighted by Crippen LogP contribution is 2.40. The highest BCUT2D eigenvalue weighted by molar-refractivity contribution is 6.09. The SMILES string of the molecule is c1ccc(-c2ccc(-c3cccc(N(c4ccc(-c5ccc(-c6ccccc6-n6c7ccccc7c7ccccc76)cc5)cc4)c4cccc(-c5ccccc5)c4)c3)cc2)cc1. The van der Waals surface area contributed by atoms with E-state index in [2.05, 4.69) is 264 Å². The molecule has 292 valence electrons. The quantitative estimate of drug-likeness (QED) is 0.141. The van der Waals surface area contributed by atoms with Crippen LogP contribution in [0.5, 0.6) is 0 Å². The van der Waals surface area contributed by atoms with Crippen molar-refractivity contribution in [2.75, 3.05) is 4.90 Å². The van der Waals surface area contributed by atoms with Crippen LogP contribution in [0.3, 0.4) is 0 Å². The minimum Gasteiger partial charge on any atom is -0.310 e. The number of benzene rings is 10. The number of anilines is 3. The molecule has 2 heteroatoms. The molecular weight excluding hydrogens is 749 g/mol. The smallest absolute Gasteiger partial charge is 0.0541 e. The molecule has 11 aromatic rings. The van der Waals surface area contributed by atoms with Crippen LogP contribution in [0.25, 0.3) is 83.1 Å². The molecule has 0 unspecified atom stereocenters. The van der Waals surface area contributed by atoms with Crippen molar-refractivity contribution < 1.29 is 0 Å². The van der Waals surface area contributed by atoms with E-state index in [0.717, 1.165) is 17.1 Å². The zero-order valence-electron chi connectivity index (χ0n) is 34.1. The van der Waals surface area contributed by atoms with Gasteiger partial charge in [-0.25, -0.2) is 0 Å². The summed E-state index contributed by atoms with van der Waals surface area (Å²) in [5.74, 6) is 0. The number of para-hydroxylation sites is 3. The second-order valence-electron chi connectivity index (χ2n) is 15.8. The first-order chi connectivity index (χ1) is 30.7. The van der Waals surface area contributed by atoms with Crippen LogP contribution in [-0.2, 0) is 0 Å². The van der Waals surface area contributed by atoms with Gasteiger partial charge in [0.1, 0.15) is 0 Å². The maximum absolute atomic E-state index is 2.41. The number of fused-ring (bicyclic) bond motifs is 3. The average molecular weight is 791 g/mol. The third kappa shape index (κ3) is 6.94. The molecule has 0 aliphatic heterocycles. The molecule has 0 bridgehead atoms. The molecule has 0 aliphatic rings. The predicted octanol–water partition coefficient (Wildman–Crippen LogP) is 16.6. The molecule has 1 heterocycles. The van der Waals surface area contributed by atoms with Crippen LogP contribution in [0.1, 0.15) is 0 Å². The van der Waals surface area contributed by atoms with E-state index in [0.29, 0.717) is 0 Å². The second kappa shape index (κ2) is 16.1. The standard InChI is InChI=1S/C60H42N2/c1-3-15-43(16-4-1)45-29-31-48(32-30-45)51-20-14-22-54(42-51)61(53-21-13-19-50(41-53)44-17-5-2-6-18-44)52-39-37-47(38-40-52)46-33-35-49(36-34-46)55-23-7-10-26-58(55)62-59-27-11-8-24-56(59)57-25-9-12-28-60(57)62/h1-42H. The Kier molecular flexibility index (Phi) is 9.57. The summed E-state index contributed by atoms with van der Waals surface area (Å²) in [6, 6.07) is 91.9. The second-order valence-corrected chi connectivity index (χ2v) is 15.8. The molecule has 0 fully saturated rings. The molecule has 0 N–H and O–H groups in total. The fourth-order valence-corrected chi connectivity index (χ4v) is 8.95. The maximum Gasteiger partial charge on any atom is 0.0541 e. The summed E-state index contributed by atoms with van der Waals surface area (Å²) in [5, 5.41) is 2.53. The van der Waals surface area contributed by atoms with E-state index in [1.54, 1.807) is 0 Å². The molecule has 0 spiro atoms.